The van der Waals surface area contributed by atoms with Crippen molar-refractivity contribution in [3.8, 4) is 16.3 Å². The number of ether oxygens (including phenoxy) is 3. The number of hydrogen-bond acceptors (Lipinski definition) is 12. The van der Waals surface area contributed by atoms with Crippen LogP contribution >= 0.6 is 11.3 Å². The summed E-state index contributed by atoms with van der Waals surface area (Å²) in [5.41, 5.74) is 4.08. The largest absolute Gasteiger partial charge is 0.491 e. The molecule has 0 radical (unpaired) electrons. The Morgan fingerprint density at radius 3 is 2.62 bits per heavy atom. The average molecular weight is 649 g/mol. The van der Waals surface area contributed by atoms with Crippen molar-refractivity contribution in [2.45, 2.75) is 57.3 Å². The van der Waals surface area contributed by atoms with E-state index in [-0.39, 0.29) is 0 Å². The van der Waals surface area contributed by atoms with Gasteiger partial charge in [-0.05, 0) is 31.0 Å². The lowest BCUT2D eigenvalue weighted by Gasteiger charge is -2.26. The van der Waals surface area contributed by atoms with Gasteiger partial charge < -0.3 is 24.8 Å². The second kappa shape index (κ2) is 14.9. The van der Waals surface area contributed by atoms with Gasteiger partial charge in [0.15, 0.2) is 5.01 Å². The highest BCUT2D eigenvalue weighted by Crippen LogP contribution is 2.39. The lowest BCUT2D eigenvalue weighted by Crippen LogP contribution is -2.38. The Labute approximate surface area is 270 Å². The minimum atomic E-state index is -1.17. The maximum absolute atomic E-state index is 5.99. The predicted octanol–water partition coefficient (Wildman–Crippen LogP) is 6.38. The average Bonchev–Trinajstić information content (AvgIpc) is 3.74. The molecule has 5 heterocycles. The monoisotopic (exact) mass is 648 g/mol. The Kier molecular flexibility index (Phi) is 10.5. The first-order valence-corrected chi connectivity index (χ1v) is 20.5. The summed E-state index contributed by atoms with van der Waals surface area (Å²) >= 11 is 1.67. The molecule has 0 aromatic carbocycles. The van der Waals surface area contributed by atoms with E-state index >= 15 is 0 Å². The highest BCUT2D eigenvalue weighted by atomic mass is 32.1. The zero-order valence-electron chi connectivity index (χ0n) is 26.6. The summed E-state index contributed by atoms with van der Waals surface area (Å²) in [5, 5.41) is 18.0. The van der Waals surface area contributed by atoms with Gasteiger partial charge in [-0.1, -0.05) is 43.8 Å². The minimum Gasteiger partial charge on any atom is -0.491 e. The number of nitrogens with one attached hydrogen (secondary N) is 2. The van der Waals surface area contributed by atoms with Crippen LogP contribution in [0, 0.1) is 0 Å². The van der Waals surface area contributed by atoms with Gasteiger partial charge in [-0.3, -0.25) is 14.9 Å². The van der Waals surface area contributed by atoms with Crippen LogP contribution in [0.1, 0.15) is 36.6 Å². The first-order valence-electron chi connectivity index (χ1n) is 16.0. The summed E-state index contributed by atoms with van der Waals surface area (Å²) in [6, 6.07) is 7.12. The summed E-state index contributed by atoms with van der Waals surface area (Å²) in [5.74, 6) is 1.96. The van der Waals surface area contributed by atoms with Gasteiger partial charge in [0.05, 0.1) is 59.8 Å². The van der Waals surface area contributed by atoms with Crippen LogP contribution in [-0.4, -0.2) is 90.9 Å². The molecule has 240 valence electrons. The molecule has 0 bridgehead atoms. The normalized spacial score (nSPS) is 16.3. The fraction of sp³-hybridized carbons (Fsp3) is 0.531. The van der Waals surface area contributed by atoms with E-state index < -0.39 is 8.07 Å². The zero-order chi connectivity index (χ0) is 31.1. The second-order valence-electron chi connectivity index (χ2n) is 13.0. The van der Waals surface area contributed by atoms with Crippen LogP contribution in [0.25, 0.3) is 21.6 Å². The molecule has 0 spiro atoms. The molecule has 0 amide bonds. The summed E-state index contributed by atoms with van der Waals surface area (Å²) in [7, 11) is -1.17. The Hall–Kier alpha value is -3.23. The summed E-state index contributed by atoms with van der Waals surface area (Å²) in [6.45, 7) is 13.1. The van der Waals surface area contributed by atoms with Crippen molar-refractivity contribution in [2.24, 2.45) is 0 Å². The van der Waals surface area contributed by atoms with Gasteiger partial charge in [-0.2, -0.15) is 0 Å². The van der Waals surface area contributed by atoms with Crippen LogP contribution in [0.15, 0.2) is 36.8 Å². The smallest absolute Gasteiger partial charge is 0.151 e. The van der Waals surface area contributed by atoms with Crippen molar-refractivity contribution in [2.75, 3.05) is 63.4 Å². The molecule has 0 atom stereocenters. The van der Waals surface area contributed by atoms with Gasteiger partial charge in [0.2, 0.25) is 0 Å². The minimum absolute atomic E-state index is 0.375. The molecule has 2 fully saturated rings. The van der Waals surface area contributed by atoms with Gasteiger partial charge in [-0.25, -0.2) is 4.98 Å². The van der Waals surface area contributed by atoms with E-state index in [1.165, 1.54) is 25.7 Å². The van der Waals surface area contributed by atoms with Crippen LogP contribution in [0.4, 0.5) is 17.2 Å². The van der Waals surface area contributed by atoms with E-state index in [1.54, 1.807) is 23.7 Å². The number of hydrogen-bond donors (Lipinski definition) is 2. The molecule has 1 aliphatic carbocycles. The number of fused-ring (bicyclic) bond motifs is 1. The lowest BCUT2D eigenvalue weighted by atomic mass is 10.1. The number of nitrogens with zero attached hydrogens (tertiary/aromatic N) is 6. The predicted molar refractivity (Wildman–Crippen MR) is 183 cm³/mol. The Bertz CT molecular complexity index is 1550. The number of morpholine rings is 1. The van der Waals surface area contributed by atoms with E-state index in [1.807, 2.05) is 18.3 Å². The molecular formula is C32H44N8O3SSi. The molecule has 13 heteroatoms. The van der Waals surface area contributed by atoms with Gasteiger partial charge in [0, 0.05) is 46.3 Å². The van der Waals surface area contributed by atoms with Crippen LogP contribution in [0.2, 0.25) is 25.7 Å². The number of pyridine rings is 3. The third-order valence-electron chi connectivity index (χ3n) is 8.16. The number of anilines is 3. The molecule has 0 unspecified atom stereocenters. The zero-order valence-corrected chi connectivity index (χ0v) is 28.4. The third-order valence-corrected chi connectivity index (χ3v) is 11.0. The van der Waals surface area contributed by atoms with E-state index in [9.17, 15) is 0 Å². The van der Waals surface area contributed by atoms with Crippen molar-refractivity contribution in [1.82, 2.24) is 30.0 Å². The van der Waals surface area contributed by atoms with Gasteiger partial charge in [-0.15, -0.1) is 10.2 Å². The van der Waals surface area contributed by atoms with Gasteiger partial charge in [0.1, 0.15) is 29.9 Å². The van der Waals surface area contributed by atoms with Crippen LogP contribution < -0.4 is 15.4 Å². The Morgan fingerprint density at radius 2 is 1.80 bits per heavy atom. The maximum Gasteiger partial charge on any atom is 0.151 e. The topological polar surface area (TPSA) is 119 Å². The molecule has 1 saturated heterocycles. The Balaban J connectivity index is 1.17. The molecule has 2 N–H and O–H groups in total. The fourth-order valence-electron chi connectivity index (χ4n) is 5.52. The van der Waals surface area contributed by atoms with Crippen LogP contribution in [0.3, 0.4) is 0 Å². The summed E-state index contributed by atoms with van der Waals surface area (Å²) in [4.78, 5) is 16.5. The van der Waals surface area contributed by atoms with Crippen molar-refractivity contribution >= 4 is 47.6 Å². The third kappa shape index (κ3) is 8.94. The molecule has 1 saturated carbocycles. The molecule has 11 nitrogen and oxygen atoms in total. The van der Waals surface area contributed by atoms with Crippen molar-refractivity contribution in [3.05, 3.63) is 41.8 Å². The SMILES string of the molecule is C[Si](C)(C)CCOCNc1nc2cc(Nc3cncc(OCCN4CCOCC4)c3)cnc2cc1-c1nnc(C2CCCC2)s1. The van der Waals surface area contributed by atoms with Crippen molar-refractivity contribution in [3.63, 3.8) is 0 Å². The lowest BCUT2D eigenvalue weighted by molar-refractivity contribution is 0.0322. The number of aromatic nitrogens is 5. The first-order chi connectivity index (χ1) is 21.9. The molecule has 4 aromatic heterocycles. The summed E-state index contributed by atoms with van der Waals surface area (Å²) in [6.07, 6.45) is 10.2. The number of rotatable bonds is 14. The standard InChI is InChI=1S/C32H44N8O3SSi/c1-45(2,3)15-14-42-22-35-30-27(32-39-38-31(44-32)23-6-4-5-7-23)18-28-29(37-30)17-25(20-34-28)36-24-16-26(21-33-19-24)43-13-10-40-8-11-41-12-9-40/h16-21,23,36H,4-15,22H2,1-3H3,(H,35,37). The van der Waals surface area contributed by atoms with Crippen molar-refractivity contribution in [1.29, 1.82) is 0 Å². The quantitative estimate of drug-likeness (QED) is 0.0901. The van der Waals surface area contributed by atoms with Crippen molar-refractivity contribution < 1.29 is 14.2 Å². The maximum atomic E-state index is 5.99. The van der Waals surface area contributed by atoms with Gasteiger partial charge >= 0.3 is 0 Å². The van der Waals surface area contributed by atoms with Crippen LogP contribution in [-0.2, 0) is 9.47 Å². The van der Waals surface area contributed by atoms with E-state index in [0.717, 1.165) is 95.1 Å². The highest BCUT2D eigenvalue weighted by molar-refractivity contribution is 7.14. The van der Waals surface area contributed by atoms with Gasteiger partial charge in [0.25, 0.3) is 0 Å². The molecule has 4 aromatic rings. The molecule has 45 heavy (non-hydrogen) atoms. The van der Waals surface area contributed by atoms with E-state index in [0.29, 0.717) is 19.3 Å². The molecule has 2 aliphatic rings. The molecule has 1 aliphatic heterocycles. The van der Waals surface area contributed by atoms with E-state index in [2.05, 4.69) is 56.4 Å². The molecule has 6 rings (SSSR count). The fourth-order valence-corrected chi connectivity index (χ4v) is 7.30. The highest BCUT2D eigenvalue weighted by Gasteiger charge is 2.23. The van der Waals surface area contributed by atoms with E-state index in [4.69, 9.17) is 24.2 Å². The Morgan fingerprint density at radius 1 is 0.978 bits per heavy atom. The van der Waals surface area contributed by atoms with Crippen LogP contribution in [0.5, 0.6) is 5.75 Å². The summed E-state index contributed by atoms with van der Waals surface area (Å²) < 4.78 is 17.4. The molecular weight excluding hydrogens is 605 g/mol. The first kappa shape index (κ1) is 31.7. The second-order valence-corrected chi connectivity index (χ2v) is 19.6.